The van der Waals surface area contributed by atoms with Crippen molar-refractivity contribution in [2.24, 2.45) is 0 Å². The zero-order valence-electron chi connectivity index (χ0n) is 9.75. The van der Waals surface area contributed by atoms with Crippen LogP contribution in [0.4, 0.5) is 0 Å². The quantitative estimate of drug-likeness (QED) is 0.747. The highest BCUT2D eigenvalue weighted by molar-refractivity contribution is 8.22. The SMILES string of the molecule is Cc1ccc(OP(=S)(Cl)Oc2ccccc2)cc1. The number of hydrogen-bond acceptors (Lipinski definition) is 3. The van der Waals surface area contributed by atoms with Crippen molar-refractivity contribution in [3.63, 3.8) is 0 Å². The van der Waals surface area contributed by atoms with E-state index in [0.717, 1.165) is 5.56 Å². The second-order valence-electron chi connectivity index (χ2n) is 3.74. The van der Waals surface area contributed by atoms with Gasteiger partial charge in [0, 0.05) is 11.8 Å². The van der Waals surface area contributed by atoms with E-state index in [4.69, 9.17) is 32.1 Å². The summed E-state index contributed by atoms with van der Waals surface area (Å²) in [6.45, 7) is 2.00. The Kier molecular flexibility index (Phi) is 4.28. The monoisotopic (exact) mass is 298 g/mol. The molecule has 1 unspecified atom stereocenters. The summed E-state index contributed by atoms with van der Waals surface area (Å²) in [5.41, 5.74) is 1.15. The van der Waals surface area contributed by atoms with Gasteiger partial charge < -0.3 is 9.05 Å². The average Bonchev–Trinajstić information content (AvgIpc) is 2.32. The third-order valence-corrected chi connectivity index (χ3v) is 3.91. The summed E-state index contributed by atoms with van der Waals surface area (Å²) >= 11 is 11.3. The molecule has 0 saturated heterocycles. The Hall–Kier alpha value is -1.02. The van der Waals surface area contributed by atoms with Crippen LogP contribution in [-0.2, 0) is 11.8 Å². The molecule has 0 aliphatic heterocycles. The molecule has 0 heterocycles. The summed E-state index contributed by atoms with van der Waals surface area (Å²) in [5.74, 6) is -1.61. The number of aryl methyl sites for hydroxylation is 1. The minimum atomic E-state index is -2.85. The molecule has 94 valence electrons. The van der Waals surface area contributed by atoms with Crippen LogP contribution in [0.2, 0.25) is 0 Å². The van der Waals surface area contributed by atoms with E-state index in [9.17, 15) is 0 Å². The van der Waals surface area contributed by atoms with Crippen molar-refractivity contribution in [2.45, 2.75) is 6.92 Å². The molecule has 0 aliphatic rings. The van der Waals surface area contributed by atoms with Crippen LogP contribution in [0.5, 0.6) is 11.5 Å². The van der Waals surface area contributed by atoms with Crippen molar-refractivity contribution in [1.29, 1.82) is 0 Å². The lowest BCUT2D eigenvalue weighted by Crippen LogP contribution is -1.94. The molecular formula is C13H12ClO2PS. The van der Waals surface area contributed by atoms with Gasteiger partial charge in [-0.15, -0.1) is 0 Å². The van der Waals surface area contributed by atoms with Crippen LogP contribution in [0.15, 0.2) is 54.6 Å². The molecule has 0 aliphatic carbocycles. The van der Waals surface area contributed by atoms with E-state index in [2.05, 4.69) is 0 Å². The fourth-order valence-corrected chi connectivity index (χ4v) is 3.13. The zero-order valence-corrected chi connectivity index (χ0v) is 12.2. The number of rotatable bonds is 4. The van der Waals surface area contributed by atoms with Crippen molar-refractivity contribution in [3.8, 4) is 11.5 Å². The summed E-state index contributed by atoms with van der Waals surface area (Å²) in [6, 6.07) is 16.7. The van der Waals surface area contributed by atoms with Gasteiger partial charge in [0.1, 0.15) is 11.5 Å². The predicted molar refractivity (Wildman–Crippen MR) is 79.0 cm³/mol. The topological polar surface area (TPSA) is 18.5 Å². The van der Waals surface area contributed by atoms with Crippen LogP contribution in [0.3, 0.4) is 0 Å². The van der Waals surface area contributed by atoms with Gasteiger partial charge in [-0.3, -0.25) is 0 Å². The fourth-order valence-electron chi connectivity index (χ4n) is 1.35. The Morgan fingerprint density at radius 1 is 0.889 bits per heavy atom. The van der Waals surface area contributed by atoms with E-state index in [-0.39, 0.29) is 0 Å². The molecule has 0 amide bonds. The van der Waals surface area contributed by atoms with Crippen LogP contribution in [-0.4, -0.2) is 0 Å². The second-order valence-corrected chi connectivity index (χ2v) is 8.34. The molecule has 2 aromatic carbocycles. The molecule has 2 rings (SSSR count). The highest BCUT2D eigenvalue weighted by Gasteiger charge is 2.18. The molecule has 0 aromatic heterocycles. The first-order valence-corrected chi connectivity index (χ1v) is 8.90. The molecule has 0 fully saturated rings. The van der Waals surface area contributed by atoms with E-state index < -0.39 is 5.84 Å². The number of hydrogen-bond donors (Lipinski definition) is 0. The first-order valence-electron chi connectivity index (χ1n) is 5.36. The Morgan fingerprint density at radius 2 is 1.39 bits per heavy atom. The Balaban J connectivity index is 2.08. The molecule has 0 N–H and O–H groups in total. The first kappa shape index (κ1) is 13.4. The largest absolute Gasteiger partial charge is 0.425 e. The van der Waals surface area contributed by atoms with E-state index >= 15 is 0 Å². The van der Waals surface area contributed by atoms with Crippen molar-refractivity contribution >= 4 is 28.9 Å². The van der Waals surface area contributed by atoms with Gasteiger partial charge in [-0.25, -0.2) is 0 Å². The van der Waals surface area contributed by atoms with Crippen molar-refractivity contribution in [2.75, 3.05) is 0 Å². The van der Waals surface area contributed by atoms with Crippen LogP contribution in [0, 0.1) is 6.92 Å². The van der Waals surface area contributed by atoms with Crippen molar-refractivity contribution < 1.29 is 9.05 Å². The van der Waals surface area contributed by atoms with Crippen molar-refractivity contribution in [3.05, 3.63) is 60.2 Å². The molecule has 2 aromatic rings. The van der Waals surface area contributed by atoms with Gasteiger partial charge in [0.15, 0.2) is 0 Å². The van der Waals surface area contributed by atoms with Gasteiger partial charge in [0.25, 0.3) is 0 Å². The minimum Gasteiger partial charge on any atom is -0.425 e. The molecule has 0 spiro atoms. The standard InChI is InChI=1S/C13H12ClO2PS/c1-11-7-9-13(10-8-11)16-17(14,18)15-12-5-3-2-4-6-12/h2-10H,1H3. The number of benzene rings is 2. The maximum Gasteiger partial charge on any atom is 0.384 e. The van der Waals surface area contributed by atoms with Crippen LogP contribution >= 0.6 is 17.1 Å². The van der Waals surface area contributed by atoms with Gasteiger partial charge in [-0.1, -0.05) is 35.9 Å². The van der Waals surface area contributed by atoms with Gasteiger partial charge in [-0.05, 0) is 42.4 Å². The lowest BCUT2D eigenvalue weighted by Gasteiger charge is -2.17. The molecular weight excluding hydrogens is 287 g/mol. The Labute approximate surface area is 116 Å². The molecule has 0 bridgehead atoms. The molecule has 2 nitrogen and oxygen atoms in total. The van der Waals surface area contributed by atoms with E-state index in [0.29, 0.717) is 11.5 Å². The zero-order chi connectivity index (χ0) is 13.0. The molecule has 0 saturated carbocycles. The summed E-state index contributed by atoms with van der Waals surface area (Å²) in [5, 5.41) is 0. The molecule has 5 heteroatoms. The Bertz CT molecular complexity index is 557. The maximum atomic E-state index is 6.13. The average molecular weight is 299 g/mol. The summed E-state index contributed by atoms with van der Waals surface area (Å²) in [4.78, 5) is 0. The van der Waals surface area contributed by atoms with Gasteiger partial charge in [0.2, 0.25) is 0 Å². The summed E-state index contributed by atoms with van der Waals surface area (Å²) in [7, 11) is 0. The summed E-state index contributed by atoms with van der Waals surface area (Å²) < 4.78 is 11.0. The third kappa shape index (κ3) is 4.02. The molecule has 1 atom stereocenters. The smallest absolute Gasteiger partial charge is 0.384 e. The van der Waals surface area contributed by atoms with Crippen LogP contribution in [0.1, 0.15) is 5.56 Å². The van der Waals surface area contributed by atoms with E-state index in [1.165, 1.54) is 0 Å². The highest BCUT2D eigenvalue weighted by Crippen LogP contribution is 2.53. The van der Waals surface area contributed by atoms with E-state index in [1.807, 2.05) is 49.4 Å². The maximum absolute atomic E-state index is 6.13. The normalized spacial score (nSPS) is 13.7. The summed E-state index contributed by atoms with van der Waals surface area (Å²) in [6.07, 6.45) is 0. The van der Waals surface area contributed by atoms with Gasteiger partial charge in [0.05, 0.1) is 0 Å². The highest BCUT2D eigenvalue weighted by atomic mass is 35.7. The Morgan fingerprint density at radius 3 is 1.94 bits per heavy atom. The van der Waals surface area contributed by atoms with Crippen LogP contribution in [0.25, 0.3) is 0 Å². The fraction of sp³-hybridized carbons (Fsp3) is 0.0769. The minimum absolute atomic E-state index is 0.614. The van der Waals surface area contributed by atoms with E-state index in [1.54, 1.807) is 12.1 Å². The first-order chi connectivity index (χ1) is 8.55. The third-order valence-electron chi connectivity index (χ3n) is 2.19. The van der Waals surface area contributed by atoms with Crippen LogP contribution < -0.4 is 9.05 Å². The lowest BCUT2D eigenvalue weighted by atomic mass is 10.2. The number of para-hydroxylation sites is 1. The molecule has 0 radical (unpaired) electrons. The number of halogens is 1. The molecule has 18 heavy (non-hydrogen) atoms. The lowest BCUT2D eigenvalue weighted by molar-refractivity contribution is 0.505. The van der Waals surface area contributed by atoms with Gasteiger partial charge >= 0.3 is 5.84 Å². The predicted octanol–water partition coefficient (Wildman–Crippen LogP) is 4.92. The van der Waals surface area contributed by atoms with Gasteiger partial charge in [-0.2, -0.15) is 0 Å². The van der Waals surface area contributed by atoms with Crippen molar-refractivity contribution in [1.82, 2.24) is 0 Å². The second kappa shape index (κ2) is 5.75.